The van der Waals surface area contributed by atoms with Crippen LogP contribution in [0.3, 0.4) is 0 Å². The maximum absolute atomic E-state index is 13.1. The molecule has 0 saturated heterocycles. The first-order valence-electron chi connectivity index (χ1n) is 5.38. The lowest BCUT2D eigenvalue weighted by atomic mass is 10.2. The Hall–Kier alpha value is -1.56. The quantitative estimate of drug-likeness (QED) is 0.726. The average molecular weight is 270 g/mol. The molecule has 0 aliphatic carbocycles. The van der Waals surface area contributed by atoms with Gasteiger partial charge in [0, 0.05) is 18.4 Å². The summed E-state index contributed by atoms with van der Waals surface area (Å²) >= 11 is 3.99. The zero-order valence-electron chi connectivity index (χ0n) is 10.2. The number of benzene rings is 1. The van der Waals surface area contributed by atoms with Crippen LogP contribution in [0.4, 0.5) is 10.1 Å². The summed E-state index contributed by atoms with van der Waals surface area (Å²) in [6.45, 7) is 3.04. The van der Waals surface area contributed by atoms with E-state index in [0.29, 0.717) is 11.3 Å². The summed E-state index contributed by atoms with van der Waals surface area (Å²) in [4.78, 5) is 22.7. The molecule has 0 spiro atoms. The van der Waals surface area contributed by atoms with E-state index in [9.17, 15) is 14.0 Å². The number of nitrogens with one attached hydrogen (secondary N) is 2. The topological polar surface area (TPSA) is 58.2 Å². The van der Waals surface area contributed by atoms with Crippen molar-refractivity contribution in [1.82, 2.24) is 5.32 Å². The predicted molar refractivity (Wildman–Crippen MR) is 71.2 cm³/mol. The number of aryl methyl sites for hydroxylation is 1. The van der Waals surface area contributed by atoms with Gasteiger partial charge in [0.1, 0.15) is 11.9 Å². The Bertz CT molecular complexity index is 445. The second-order valence-corrected chi connectivity index (χ2v) is 4.31. The van der Waals surface area contributed by atoms with Crippen molar-refractivity contribution < 1.29 is 14.0 Å². The highest BCUT2D eigenvalue weighted by atomic mass is 32.1. The standard InChI is InChI=1S/C12H15FN2O2S/c1-7-3-9(13)5-10(4-7)15-12(17)11(6-18)14-8(2)16/h3-5,11,18H,6H2,1-2H3,(H,14,16)(H,15,17). The van der Waals surface area contributed by atoms with Crippen LogP contribution in [-0.2, 0) is 9.59 Å². The number of rotatable bonds is 4. The van der Waals surface area contributed by atoms with Crippen molar-refractivity contribution in [3.63, 3.8) is 0 Å². The minimum Gasteiger partial charge on any atom is -0.344 e. The highest BCUT2D eigenvalue weighted by Gasteiger charge is 2.17. The van der Waals surface area contributed by atoms with Crippen molar-refractivity contribution in [2.45, 2.75) is 19.9 Å². The van der Waals surface area contributed by atoms with Crippen molar-refractivity contribution in [2.75, 3.05) is 11.1 Å². The molecule has 1 atom stereocenters. The third kappa shape index (κ3) is 4.37. The molecule has 0 aromatic heterocycles. The second kappa shape index (κ2) is 6.39. The van der Waals surface area contributed by atoms with Gasteiger partial charge in [-0.25, -0.2) is 4.39 Å². The van der Waals surface area contributed by atoms with Gasteiger partial charge in [0.15, 0.2) is 0 Å². The van der Waals surface area contributed by atoms with E-state index in [4.69, 9.17) is 0 Å². The van der Waals surface area contributed by atoms with Gasteiger partial charge in [-0.3, -0.25) is 9.59 Å². The Morgan fingerprint density at radius 3 is 2.56 bits per heavy atom. The maximum atomic E-state index is 13.1. The van der Waals surface area contributed by atoms with Crippen molar-refractivity contribution in [3.05, 3.63) is 29.6 Å². The van der Waals surface area contributed by atoms with Crippen molar-refractivity contribution >= 4 is 30.1 Å². The average Bonchev–Trinajstić information content (AvgIpc) is 2.23. The molecule has 1 aromatic carbocycles. The van der Waals surface area contributed by atoms with Gasteiger partial charge in [0.25, 0.3) is 0 Å². The number of thiol groups is 1. The first kappa shape index (κ1) is 14.5. The van der Waals surface area contributed by atoms with Gasteiger partial charge in [-0.2, -0.15) is 12.6 Å². The molecule has 6 heteroatoms. The van der Waals surface area contributed by atoms with E-state index in [-0.39, 0.29) is 11.7 Å². The van der Waals surface area contributed by atoms with Crippen LogP contribution < -0.4 is 10.6 Å². The molecule has 0 saturated carbocycles. The predicted octanol–water partition coefficient (Wildman–Crippen LogP) is 1.51. The molecular weight excluding hydrogens is 255 g/mol. The largest absolute Gasteiger partial charge is 0.344 e. The number of hydrogen-bond acceptors (Lipinski definition) is 3. The summed E-state index contributed by atoms with van der Waals surface area (Å²) in [5.74, 6) is -1.00. The van der Waals surface area contributed by atoms with Crippen LogP contribution in [0.15, 0.2) is 18.2 Å². The summed E-state index contributed by atoms with van der Waals surface area (Å²) in [7, 11) is 0. The molecule has 0 bridgehead atoms. The van der Waals surface area contributed by atoms with Gasteiger partial charge in [-0.1, -0.05) is 0 Å². The third-order valence-corrected chi connectivity index (χ3v) is 2.55. The number of halogens is 1. The smallest absolute Gasteiger partial charge is 0.247 e. The zero-order valence-corrected chi connectivity index (χ0v) is 11.1. The van der Waals surface area contributed by atoms with Crippen LogP contribution in [0.2, 0.25) is 0 Å². The number of anilines is 1. The molecule has 0 fully saturated rings. The summed E-state index contributed by atoms with van der Waals surface area (Å²) < 4.78 is 13.1. The Kier molecular flexibility index (Phi) is 5.15. The Labute approximate surface area is 110 Å². The van der Waals surface area contributed by atoms with Gasteiger partial charge in [-0.15, -0.1) is 0 Å². The van der Waals surface area contributed by atoms with Crippen LogP contribution in [0.5, 0.6) is 0 Å². The Balaban J connectivity index is 2.76. The third-order valence-electron chi connectivity index (χ3n) is 2.19. The number of hydrogen-bond donors (Lipinski definition) is 3. The lowest BCUT2D eigenvalue weighted by Gasteiger charge is -2.15. The molecular formula is C12H15FN2O2S. The molecule has 2 N–H and O–H groups in total. The van der Waals surface area contributed by atoms with E-state index in [0.717, 1.165) is 0 Å². The maximum Gasteiger partial charge on any atom is 0.247 e. The van der Waals surface area contributed by atoms with E-state index in [1.54, 1.807) is 13.0 Å². The van der Waals surface area contributed by atoms with Gasteiger partial charge in [-0.05, 0) is 30.7 Å². The summed E-state index contributed by atoms with van der Waals surface area (Å²) in [6, 6.07) is 3.48. The van der Waals surface area contributed by atoms with Gasteiger partial charge in [0.05, 0.1) is 0 Å². The number of carbonyl (C=O) groups is 2. The van der Waals surface area contributed by atoms with Crippen LogP contribution in [-0.4, -0.2) is 23.6 Å². The molecule has 1 aromatic rings. The first-order chi connectivity index (χ1) is 8.42. The molecule has 0 aliphatic heterocycles. The van der Waals surface area contributed by atoms with E-state index in [1.165, 1.54) is 19.1 Å². The highest BCUT2D eigenvalue weighted by molar-refractivity contribution is 7.80. The second-order valence-electron chi connectivity index (χ2n) is 3.94. The van der Waals surface area contributed by atoms with E-state index < -0.39 is 17.8 Å². The highest BCUT2D eigenvalue weighted by Crippen LogP contribution is 2.13. The summed E-state index contributed by atoms with van der Waals surface area (Å²) in [5.41, 5.74) is 1.06. The molecule has 0 heterocycles. The minimum absolute atomic E-state index is 0.166. The van der Waals surface area contributed by atoms with E-state index in [2.05, 4.69) is 23.3 Å². The molecule has 1 unspecified atom stereocenters. The van der Waals surface area contributed by atoms with Crippen LogP contribution in [0.25, 0.3) is 0 Å². The van der Waals surface area contributed by atoms with Crippen LogP contribution in [0.1, 0.15) is 12.5 Å². The number of amides is 2. The molecule has 4 nitrogen and oxygen atoms in total. The molecule has 2 amide bonds. The fraction of sp³-hybridized carbons (Fsp3) is 0.333. The molecule has 98 valence electrons. The van der Waals surface area contributed by atoms with Gasteiger partial charge in [0.2, 0.25) is 11.8 Å². The molecule has 1 rings (SSSR count). The first-order valence-corrected chi connectivity index (χ1v) is 6.01. The van der Waals surface area contributed by atoms with Gasteiger partial charge >= 0.3 is 0 Å². The summed E-state index contributed by atoms with van der Waals surface area (Å²) in [6.07, 6.45) is 0. The normalized spacial score (nSPS) is 11.8. The SMILES string of the molecule is CC(=O)NC(CS)C(=O)Nc1cc(C)cc(F)c1. The molecule has 0 aliphatic rings. The monoisotopic (exact) mass is 270 g/mol. The zero-order chi connectivity index (χ0) is 13.7. The minimum atomic E-state index is -0.741. The van der Waals surface area contributed by atoms with E-state index >= 15 is 0 Å². The summed E-state index contributed by atoms with van der Waals surface area (Å²) in [5, 5.41) is 5.00. The Morgan fingerprint density at radius 1 is 1.39 bits per heavy atom. The van der Waals surface area contributed by atoms with Gasteiger partial charge < -0.3 is 10.6 Å². The lowest BCUT2D eigenvalue weighted by Crippen LogP contribution is -2.44. The lowest BCUT2D eigenvalue weighted by molar-refractivity contribution is -0.124. The van der Waals surface area contributed by atoms with Crippen molar-refractivity contribution in [3.8, 4) is 0 Å². The molecule has 0 radical (unpaired) electrons. The van der Waals surface area contributed by atoms with Crippen LogP contribution in [0, 0.1) is 12.7 Å². The van der Waals surface area contributed by atoms with Crippen molar-refractivity contribution in [2.24, 2.45) is 0 Å². The Morgan fingerprint density at radius 2 is 2.06 bits per heavy atom. The van der Waals surface area contributed by atoms with Crippen LogP contribution >= 0.6 is 12.6 Å². The van der Waals surface area contributed by atoms with E-state index in [1.807, 2.05) is 0 Å². The number of carbonyl (C=O) groups excluding carboxylic acids is 2. The fourth-order valence-corrected chi connectivity index (χ4v) is 1.73. The molecule has 18 heavy (non-hydrogen) atoms. The van der Waals surface area contributed by atoms with Crippen molar-refractivity contribution in [1.29, 1.82) is 0 Å². The fourth-order valence-electron chi connectivity index (χ4n) is 1.48.